The van der Waals surface area contributed by atoms with Crippen molar-refractivity contribution in [2.75, 3.05) is 17.2 Å². The molecule has 0 saturated heterocycles. The number of nitrogens with zero attached hydrogens (tertiary/aromatic N) is 2. The number of anilines is 4. The zero-order valence-electron chi connectivity index (χ0n) is 14.7. The van der Waals surface area contributed by atoms with E-state index in [2.05, 4.69) is 52.6 Å². The Labute approximate surface area is 148 Å². The fourth-order valence-electron chi connectivity index (χ4n) is 2.49. The highest BCUT2D eigenvalue weighted by molar-refractivity contribution is 5.68. The third-order valence-electron chi connectivity index (χ3n) is 3.77. The lowest BCUT2D eigenvalue weighted by atomic mass is 10.1. The van der Waals surface area contributed by atoms with Crippen molar-refractivity contribution in [1.82, 2.24) is 9.97 Å². The second kappa shape index (κ2) is 7.66. The molecular weight excluding hydrogens is 312 g/mol. The van der Waals surface area contributed by atoms with Crippen LogP contribution in [0, 0.1) is 13.8 Å². The molecule has 0 spiro atoms. The predicted molar refractivity (Wildman–Crippen MR) is 102 cm³/mol. The molecule has 0 radical (unpaired) electrons. The van der Waals surface area contributed by atoms with Gasteiger partial charge in [-0.1, -0.05) is 24.3 Å². The van der Waals surface area contributed by atoms with Gasteiger partial charge in [-0.2, -0.15) is 0 Å². The molecule has 0 bridgehead atoms. The van der Waals surface area contributed by atoms with Gasteiger partial charge in [-0.3, -0.25) is 0 Å². The van der Waals surface area contributed by atoms with Crippen molar-refractivity contribution in [3.63, 3.8) is 0 Å². The molecule has 5 heteroatoms. The van der Waals surface area contributed by atoms with E-state index < -0.39 is 0 Å². The molecule has 0 fully saturated rings. The van der Waals surface area contributed by atoms with Gasteiger partial charge in [-0.05, 0) is 50.1 Å². The van der Waals surface area contributed by atoms with E-state index >= 15 is 0 Å². The monoisotopic (exact) mass is 334 g/mol. The fourth-order valence-corrected chi connectivity index (χ4v) is 2.49. The van der Waals surface area contributed by atoms with E-state index in [0.717, 1.165) is 22.9 Å². The van der Waals surface area contributed by atoms with Gasteiger partial charge in [-0.15, -0.1) is 0 Å². The molecule has 2 aromatic carbocycles. The average Bonchev–Trinajstić information content (AvgIpc) is 2.60. The Bertz CT molecular complexity index is 864. The van der Waals surface area contributed by atoms with Gasteiger partial charge < -0.3 is 15.4 Å². The fraction of sp³-hybridized carbons (Fsp3) is 0.200. The summed E-state index contributed by atoms with van der Waals surface area (Å²) < 4.78 is 5.64. The van der Waals surface area contributed by atoms with Crippen molar-refractivity contribution in [1.29, 1.82) is 0 Å². The highest BCUT2D eigenvalue weighted by atomic mass is 16.5. The zero-order valence-corrected chi connectivity index (χ0v) is 14.7. The number of aryl methyl sites for hydroxylation is 2. The molecule has 1 aromatic heterocycles. The Morgan fingerprint density at radius 3 is 2.36 bits per heavy atom. The largest absolute Gasteiger partial charge is 0.492 e. The molecule has 25 heavy (non-hydrogen) atoms. The van der Waals surface area contributed by atoms with Gasteiger partial charge in [0.25, 0.3) is 0 Å². The normalized spacial score (nSPS) is 10.4. The van der Waals surface area contributed by atoms with Crippen molar-refractivity contribution in [3.8, 4) is 5.75 Å². The first-order valence-electron chi connectivity index (χ1n) is 8.31. The number of rotatable bonds is 6. The standard InChI is InChI=1S/C20H22N4O/c1-4-25-18-8-6-5-7-16(18)23-19-12-20(22-13-21-19)24-17-11-14(2)9-10-15(17)3/h5-13H,4H2,1-3H3,(H2,21,22,23,24). The Kier molecular flexibility index (Phi) is 5.14. The van der Waals surface area contributed by atoms with Crippen LogP contribution in [0.1, 0.15) is 18.1 Å². The highest BCUT2D eigenvalue weighted by Crippen LogP contribution is 2.28. The van der Waals surface area contributed by atoms with Crippen molar-refractivity contribution < 1.29 is 4.74 Å². The third kappa shape index (κ3) is 4.26. The van der Waals surface area contributed by atoms with Crippen LogP contribution in [0.4, 0.5) is 23.0 Å². The van der Waals surface area contributed by atoms with Crippen LogP contribution in [0.2, 0.25) is 0 Å². The Balaban J connectivity index is 1.81. The minimum Gasteiger partial charge on any atom is -0.492 e. The lowest BCUT2D eigenvalue weighted by molar-refractivity contribution is 0.342. The molecular formula is C20H22N4O. The van der Waals surface area contributed by atoms with Crippen LogP contribution in [0.5, 0.6) is 5.75 Å². The van der Waals surface area contributed by atoms with Crippen LogP contribution in [0.15, 0.2) is 54.9 Å². The van der Waals surface area contributed by atoms with Crippen LogP contribution >= 0.6 is 0 Å². The molecule has 0 unspecified atom stereocenters. The highest BCUT2D eigenvalue weighted by Gasteiger charge is 2.06. The van der Waals surface area contributed by atoms with E-state index in [1.54, 1.807) is 6.33 Å². The molecule has 0 atom stereocenters. The van der Waals surface area contributed by atoms with Crippen LogP contribution in [0.25, 0.3) is 0 Å². The number of hydrogen-bond acceptors (Lipinski definition) is 5. The van der Waals surface area contributed by atoms with E-state index in [1.165, 1.54) is 11.1 Å². The second-order valence-corrected chi connectivity index (χ2v) is 5.79. The molecule has 0 aliphatic heterocycles. The molecule has 128 valence electrons. The van der Waals surface area contributed by atoms with Crippen LogP contribution < -0.4 is 15.4 Å². The lowest BCUT2D eigenvalue weighted by Crippen LogP contribution is -2.01. The van der Waals surface area contributed by atoms with Gasteiger partial charge in [0, 0.05) is 11.8 Å². The number of nitrogens with one attached hydrogen (secondary N) is 2. The quantitative estimate of drug-likeness (QED) is 0.666. The molecule has 0 saturated carbocycles. The first-order valence-corrected chi connectivity index (χ1v) is 8.31. The molecule has 0 aliphatic carbocycles. The van der Waals surface area contributed by atoms with E-state index in [1.807, 2.05) is 37.3 Å². The summed E-state index contributed by atoms with van der Waals surface area (Å²) in [6.45, 7) is 6.72. The van der Waals surface area contributed by atoms with E-state index in [0.29, 0.717) is 12.4 Å². The summed E-state index contributed by atoms with van der Waals surface area (Å²) in [5, 5.41) is 6.65. The smallest absolute Gasteiger partial charge is 0.142 e. The molecule has 1 heterocycles. The Morgan fingerprint density at radius 2 is 1.60 bits per heavy atom. The second-order valence-electron chi connectivity index (χ2n) is 5.79. The lowest BCUT2D eigenvalue weighted by Gasteiger charge is -2.13. The number of benzene rings is 2. The van der Waals surface area contributed by atoms with E-state index in [-0.39, 0.29) is 0 Å². The van der Waals surface area contributed by atoms with E-state index in [9.17, 15) is 0 Å². The first-order chi connectivity index (χ1) is 12.2. The molecule has 3 rings (SSSR count). The van der Waals surface area contributed by atoms with Crippen LogP contribution in [0.3, 0.4) is 0 Å². The Hall–Kier alpha value is -3.08. The number of hydrogen-bond donors (Lipinski definition) is 2. The first kappa shape index (κ1) is 16.8. The summed E-state index contributed by atoms with van der Waals surface area (Å²) in [4.78, 5) is 8.61. The van der Waals surface area contributed by atoms with Crippen molar-refractivity contribution in [2.45, 2.75) is 20.8 Å². The number of para-hydroxylation sites is 2. The maximum atomic E-state index is 5.64. The molecule has 0 aliphatic rings. The minimum absolute atomic E-state index is 0.613. The van der Waals surface area contributed by atoms with Crippen LogP contribution in [-0.2, 0) is 0 Å². The van der Waals surface area contributed by atoms with Gasteiger partial charge >= 0.3 is 0 Å². The maximum Gasteiger partial charge on any atom is 0.142 e. The Morgan fingerprint density at radius 1 is 0.880 bits per heavy atom. The third-order valence-corrected chi connectivity index (χ3v) is 3.77. The zero-order chi connectivity index (χ0) is 17.6. The summed E-state index contributed by atoms with van der Waals surface area (Å²) in [6.07, 6.45) is 1.54. The van der Waals surface area contributed by atoms with Gasteiger partial charge in [-0.25, -0.2) is 9.97 Å². The summed E-state index contributed by atoms with van der Waals surface area (Å²) in [7, 11) is 0. The number of aromatic nitrogens is 2. The molecule has 3 aromatic rings. The summed E-state index contributed by atoms with van der Waals surface area (Å²) in [5.41, 5.74) is 4.28. The van der Waals surface area contributed by atoms with Gasteiger partial charge in [0.15, 0.2) is 0 Å². The SMILES string of the molecule is CCOc1ccccc1Nc1cc(Nc2cc(C)ccc2C)ncn1. The van der Waals surface area contributed by atoms with Crippen molar-refractivity contribution in [2.24, 2.45) is 0 Å². The summed E-state index contributed by atoms with van der Waals surface area (Å²) >= 11 is 0. The van der Waals surface area contributed by atoms with E-state index in [4.69, 9.17) is 4.74 Å². The maximum absolute atomic E-state index is 5.64. The number of ether oxygens (including phenoxy) is 1. The van der Waals surface area contributed by atoms with Crippen molar-refractivity contribution in [3.05, 3.63) is 66.0 Å². The predicted octanol–water partition coefficient (Wildman–Crippen LogP) is 4.98. The summed E-state index contributed by atoms with van der Waals surface area (Å²) in [5.74, 6) is 2.24. The summed E-state index contributed by atoms with van der Waals surface area (Å²) in [6, 6.07) is 16.0. The van der Waals surface area contributed by atoms with Gasteiger partial charge in [0.1, 0.15) is 23.7 Å². The average molecular weight is 334 g/mol. The van der Waals surface area contributed by atoms with Gasteiger partial charge in [0.2, 0.25) is 0 Å². The topological polar surface area (TPSA) is 59.1 Å². The minimum atomic E-state index is 0.613. The van der Waals surface area contributed by atoms with Crippen LogP contribution in [-0.4, -0.2) is 16.6 Å². The molecule has 5 nitrogen and oxygen atoms in total. The van der Waals surface area contributed by atoms with Gasteiger partial charge in [0.05, 0.1) is 12.3 Å². The molecule has 2 N–H and O–H groups in total. The van der Waals surface area contributed by atoms with Crippen molar-refractivity contribution >= 4 is 23.0 Å². The molecule has 0 amide bonds.